The van der Waals surface area contributed by atoms with Crippen LogP contribution < -0.4 is 11.1 Å². The number of para-hydroxylation sites is 1. The van der Waals surface area contributed by atoms with Crippen LogP contribution in [0.25, 0.3) is 0 Å². The van der Waals surface area contributed by atoms with E-state index in [4.69, 9.17) is 11.0 Å². The molecule has 0 aliphatic heterocycles. The van der Waals surface area contributed by atoms with Gasteiger partial charge < -0.3 is 11.1 Å². The summed E-state index contributed by atoms with van der Waals surface area (Å²) in [6.45, 7) is 0.565. The number of anilines is 1. The van der Waals surface area contributed by atoms with Crippen LogP contribution in [-0.2, 0) is 6.54 Å². The molecule has 0 aliphatic rings. The molecule has 0 spiro atoms. The SMILES string of the molecule is N#Cc1ccc(CNc2ccccc2C(N)=O)cc1. The average Bonchev–Trinajstić information content (AvgIpc) is 2.46. The van der Waals surface area contributed by atoms with E-state index in [-0.39, 0.29) is 0 Å². The summed E-state index contributed by atoms with van der Waals surface area (Å²) >= 11 is 0. The first-order chi connectivity index (χ1) is 9.20. The summed E-state index contributed by atoms with van der Waals surface area (Å²) in [5, 5.41) is 11.9. The smallest absolute Gasteiger partial charge is 0.250 e. The van der Waals surface area contributed by atoms with Gasteiger partial charge >= 0.3 is 0 Å². The number of hydrogen-bond acceptors (Lipinski definition) is 3. The first-order valence-corrected chi connectivity index (χ1v) is 5.82. The number of hydrogen-bond donors (Lipinski definition) is 2. The number of carbonyl (C=O) groups is 1. The number of nitrogens with one attached hydrogen (secondary N) is 1. The lowest BCUT2D eigenvalue weighted by atomic mass is 10.1. The number of amides is 1. The summed E-state index contributed by atoms with van der Waals surface area (Å²) in [4.78, 5) is 11.3. The van der Waals surface area contributed by atoms with E-state index in [1.165, 1.54) is 0 Å². The summed E-state index contributed by atoms with van der Waals surface area (Å²) in [6.07, 6.45) is 0. The van der Waals surface area contributed by atoms with Crippen molar-refractivity contribution in [1.82, 2.24) is 0 Å². The zero-order chi connectivity index (χ0) is 13.7. The number of nitrogens with zero attached hydrogens (tertiary/aromatic N) is 1. The fourth-order valence-electron chi connectivity index (χ4n) is 1.75. The highest BCUT2D eigenvalue weighted by Gasteiger charge is 2.06. The van der Waals surface area contributed by atoms with Crippen LogP contribution in [0.2, 0.25) is 0 Å². The quantitative estimate of drug-likeness (QED) is 0.874. The standard InChI is InChI=1S/C15H13N3O/c16-9-11-5-7-12(8-6-11)10-18-14-4-2-1-3-13(14)15(17)19/h1-8,18H,10H2,(H2,17,19). The number of carbonyl (C=O) groups excluding carboxylic acids is 1. The second kappa shape index (κ2) is 5.69. The van der Waals surface area contributed by atoms with E-state index in [2.05, 4.69) is 11.4 Å². The number of benzene rings is 2. The van der Waals surface area contributed by atoms with Crippen LogP contribution in [0.3, 0.4) is 0 Å². The lowest BCUT2D eigenvalue weighted by Gasteiger charge is -2.09. The number of rotatable bonds is 4. The molecule has 2 aromatic carbocycles. The molecule has 19 heavy (non-hydrogen) atoms. The highest BCUT2D eigenvalue weighted by molar-refractivity contribution is 5.98. The van der Waals surface area contributed by atoms with Gasteiger partial charge in [0.2, 0.25) is 0 Å². The molecule has 0 atom stereocenters. The topological polar surface area (TPSA) is 78.9 Å². The Bertz CT molecular complexity index is 627. The monoisotopic (exact) mass is 251 g/mol. The maximum absolute atomic E-state index is 11.3. The zero-order valence-corrected chi connectivity index (χ0v) is 10.3. The minimum absolute atomic E-state index is 0.456. The van der Waals surface area contributed by atoms with Crippen molar-refractivity contribution < 1.29 is 4.79 Å². The third-order valence-corrected chi connectivity index (χ3v) is 2.76. The molecule has 1 amide bonds. The van der Waals surface area contributed by atoms with Crippen molar-refractivity contribution in [2.75, 3.05) is 5.32 Å². The minimum Gasteiger partial charge on any atom is -0.380 e. The number of primary amides is 1. The van der Waals surface area contributed by atoms with Gasteiger partial charge in [0.15, 0.2) is 0 Å². The zero-order valence-electron chi connectivity index (χ0n) is 10.3. The molecule has 4 heteroatoms. The van der Waals surface area contributed by atoms with E-state index in [1.807, 2.05) is 24.3 Å². The van der Waals surface area contributed by atoms with Crippen LogP contribution in [0.1, 0.15) is 21.5 Å². The van der Waals surface area contributed by atoms with Crippen molar-refractivity contribution in [2.45, 2.75) is 6.54 Å². The molecule has 94 valence electrons. The lowest BCUT2D eigenvalue weighted by Crippen LogP contribution is -2.14. The Balaban J connectivity index is 2.10. The van der Waals surface area contributed by atoms with Crippen molar-refractivity contribution in [1.29, 1.82) is 5.26 Å². The molecule has 0 fully saturated rings. The van der Waals surface area contributed by atoms with Gasteiger partial charge in [0.1, 0.15) is 0 Å². The predicted molar refractivity (Wildman–Crippen MR) is 73.4 cm³/mol. The maximum atomic E-state index is 11.3. The first kappa shape index (κ1) is 12.7. The molecule has 4 nitrogen and oxygen atoms in total. The van der Waals surface area contributed by atoms with Gasteiger partial charge in [-0.25, -0.2) is 0 Å². The predicted octanol–water partition coefficient (Wildman–Crippen LogP) is 2.27. The summed E-state index contributed by atoms with van der Waals surface area (Å²) in [5.74, 6) is -0.456. The summed E-state index contributed by atoms with van der Waals surface area (Å²) in [6, 6.07) is 16.4. The normalized spacial score (nSPS) is 9.63. The summed E-state index contributed by atoms with van der Waals surface area (Å²) in [7, 11) is 0. The fourth-order valence-corrected chi connectivity index (χ4v) is 1.75. The highest BCUT2D eigenvalue weighted by atomic mass is 16.1. The molecule has 0 unspecified atom stereocenters. The molecule has 0 saturated heterocycles. The van der Waals surface area contributed by atoms with Gasteiger partial charge in [-0.05, 0) is 29.8 Å². The van der Waals surface area contributed by atoms with Crippen molar-refractivity contribution in [2.24, 2.45) is 5.73 Å². The van der Waals surface area contributed by atoms with Crippen LogP contribution in [0.4, 0.5) is 5.69 Å². The van der Waals surface area contributed by atoms with E-state index in [0.717, 1.165) is 5.56 Å². The maximum Gasteiger partial charge on any atom is 0.250 e. The van der Waals surface area contributed by atoms with Gasteiger partial charge in [0.05, 0.1) is 17.2 Å². The van der Waals surface area contributed by atoms with E-state index in [9.17, 15) is 4.79 Å². The van der Waals surface area contributed by atoms with Gasteiger partial charge in [0, 0.05) is 12.2 Å². The molecule has 0 bridgehead atoms. The van der Waals surface area contributed by atoms with Crippen molar-refractivity contribution in [3.05, 3.63) is 65.2 Å². The van der Waals surface area contributed by atoms with Gasteiger partial charge in [-0.3, -0.25) is 4.79 Å². The molecule has 0 radical (unpaired) electrons. The van der Waals surface area contributed by atoms with Crippen LogP contribution in [0, 0.1) is 11.3 Å². The Morgan fingerprint density at radius 2 is 1.84 bits per heavy atom. The van der Waals surface area contributed by atoms with Gasteiger partial charge in [0.25, 0.3) is 5.91 Å². The van der Waals surface area contributed by atoms with Crippen LogP contribution in [-0.4, -0.2) is 5.91 Å². The molecule has 0 aliphatic carbocycles. The van der Waals surface area contributed by atoms with Crippen molar-refractivity contribution >= 4 is 11.6 Å². The fraction of sp³-hybridized carbons (Fsp3) is 0.0667. The first-order valence-electron chi connectivity index (χ1n) is 5.82. The molecular formula is C15H13N3O. The lowest BCUT2D eigenvalue weighted by molar-refractivity contribution is 0.100. The largest absolute Gasteiger partial charge is 0.380 e. The van der Waals surface area contributed by atoms with Crippen LogP contribution in [0.5, 0.6) is 0 Å². The van der Waals surface area contributed by atoms with E-state index >= 15 is 0 Å². The highest BCUT2D eigenvalue weighted by Crippen LogP contribution is 2.15. The van der Waals surface area contributed by atoms with Crippen molar-refractivity contribution in [3.8, 4) is 6.07 Å². The van der Waals surface area contributed by atoms with E-state index in [0.29, 0.717) is 23.4 Å². The van der Waals surface area contributed by atoms with Gasteiger partial charge in [-0.1, -0.05) is 24.3 Å². The summed E-state index contributed by atoms with van der Waals surface area (Å²) < 4.78 is 0. The second-order valence-corrected chi connectivity index (χ2v) is 4.07. The molecule has 2 aromatic rings. The van der Waals surface area contributed by atoms with E-state index in [1.54, 1.807) is 24.3 Å². The van der Waals surface area contributed by atoms with Crippen LogP contribution in [0.15, 0.2) is 48.5 Å². The van der Waals surface area contributed by atoms with Gasteiger partial charge in [-0.2, -0.15) is 5.26 Å². The second-order valence-electron chi connectivity index (χ2n) is 4.07. The minimum atomic E-state index is -0.456. The molecule has 0 aromatic heterocycles. The average molecular weight is 251 g/mol. The Morgan fingerprint density at radius 3 is 2.47 bits per heavy atom. The number of nitriles is 1. The molecule has 2 rings (SSSR count). The van der Waals surface area contributed by atoms with Crippen LogP contribution >= 0.6 is 0 Å². The Kier molecular flexibility index (Phi) is 3.79. The Labute approximate surface area is 111 Å². The third-order valence-electron chi connectivity index (χ3n) is 2.76. The molecular weight excluding hydrogens is 238 g/mol. The third kappa shape index (κ3) is 3.11. The molecule has 0 saturated carbocycles. The Hall–Kier alpha value is -2.80. The Morgan fingerprint density at radius 1 is 1.16 bits per heavy atom. The number of nitrogens with two attached hydrogens (primary N) is 1. The van der Waals surface area contributed by atoms with E-state index < -0.39 is 5.91 Å². The molecule has 3 N–H and O–H groups in total. The van der Waals surface area contributed by atoms with Gasteiger partial charge in [-0.15, -0.1) is 0 Å². The summed E-state index contributed by atoms with van der Waals surface area (Å²) in [5.41, 5.74) is 8.14. The molecule has 0 heterocycles. The van der Waals surface area contributed by atoms with Crippen molar-refractivity contribution in [3.63, 3.8) is 0 Å².